The summed E-state index contributed by atoms with van der Waals surface area (Å²) in [5.41, 5.74) is 15.5. The summed E-state index contributed by atoms with van der Waals surface area (Å²) < 4.78 is 4.30. The van der Waals surface area contributed by atoms with Crippen LogP contribution in [0.25, 0.3) is 111 Å². The van der Waals surface area contributed by atoms with Crippen LogP contribution in [-0.2, 0) is 0 Å². The van der Waals surface area contributed by atoms with Gasteiger partial charge < -0.3 is 9.13 Å². The first-order valence-electron chi connectivity index (χ1n) is 23.7. The zero-order chi connectivity index (χ0) is 50.5. The van der Waals surface area contributed by atoms with E-state index >= 15 is 0 Å². The number of benzene rings is 10. The molecular formula is C66H34N8. The van der Waals surface area contributed by atoms with Gasteiger partial charge in [-0.1, -0.05) is 121 Å². The molecule has 8 heteroatoms. The highest BCUT2D eigenvalue weighted by atomic mass is 15.0. The molecule has 0 saturated carbocycles. The molecule has 0 atom stereocenters. The quantitative estimate of drug-likeness (QED) is 0.155. The molecule has 0 spiro atoms. The number of hydrogen-bond acceptors (Lipinski definition) is 6. The van der Waals surface area contributed by atoms with E-state index in [0.717, 1.165) is 99.5 Å². The van der Waals surface area contributed by atoms with E-state index in [4.69, 9.17) is 0 Å². The fourth-order valence-corrected chi connectivity index (χ4v) is 10.6. The Bertz CT molecular complexity index is 4110. The molecule has 8 nitrogen and oxygen atoms in total. The predicted octanol–water partition coefficient (Wildman–Crippen LogP) is 15.4. The van der Waals surface area contributed by atoms with Crippen LogP contribution in [0.2, 0.25) is 0 Å². The van der Waals surface area contributed by atoms with Crippen molar-refractivity contribution in [2.24, 2.45) is 0 Å². The van der Waals surface area contributed by atoms with Gasteiger partial charge in [-0.2, -0.15) is 31.6 Å². The summed E-state index contributed by atoms with van der Waals surface area (Å²) >= 11 is 0. The first-order valence-corrected chi connectivity index (χ1v) is 23.7. The molecule has 0 aliphatic heterocycles. The third kappa shape index (κ3) is 7.10. The maximum atomic E-state index is 10.9. The standard InChI is InChI=1S/C66H34N8/c67-35-45-9-1-5-13-53(45)41-19-25-57-58-26-20-42(54-14-6-2-10-46(54)36-68)30-64(58)73(63(57)29-41)51-23-17-49(39-71)61(33-51)62-34-52(24-18-50(62)40-72)74-65-31-43(55-15-7-3-11-47(55)37-69)21-27-59(65)60-28-22-44(32-66(60)74)56-16-8-4-12-48(56)38-70/h1-34H. The van der Waals surface area contributed by atoms with Crippen molar-refractivity contribution >= 4 is 43.6 Å². The number of fused-ring (bicyclic) bond motifs is 6. The van der Waals surface area contributed by atoms with Gasteiger partial charge in [0.05, 0.1) is 91.9 Å². The molecule has 0 fully saturated rings. The Morgan fingerprint density at radius 3 is 0.730 bits per heavy atom. The number of aromatic nitrogens is 2. The molecule has 12 rings (SSSR count). The summed E-state index contributed by atoms with van der Waals surface area (Å²) in [6, 6.07) is 80.4. The lowest BCUT2D eigenvalue weighted by Gasteiger charge is -2.16. The van der Waals surface area contributed by atoms with Crippen molar-refractivity contribution in [3.63, 3.8) is 0 Å². The molecule has 2 aromatic heterocycles. The molecule has 74 heavy (non-hydrogen) atoms. The van der Waals surface area contributed by atoms with Gasteiger partial charge in [0.2, 0.25) is 0 Å². The van der Waals surface area contributed by atoms with Gasteiger partial charge in [0.25, 0.3) is 0 Å². The molecule has 0 amide bonds. The molecule has 0 saturated heterocycles. The fourth-order valence-electron chi connectivity index (χ4n) is 10.6. The van der Waals surface area contributed by atoms with Gasteiger partial charge in [-0.25, -0.2) is 0 Å². The van der Waals surface area contributed by atoms with Gasteiger partial charge in [-0.3, -0.25) is 0 Å². The molecule has 338 valence electrons. The Hall–Kier alpha value is -11.3. The van der Waals surface area contributed by atoms with Crippen molar-refractivity contribution in [3.8, 4) is 103 Å². The number of nitriles is 6. The van der Waals surface area contributed by atoms with Crippen LogP contribution in [0.5, 0.6) is 0 Å². The zero-order valence-electron chi connectivity index (χ0n) is 39.2. The smallest absolute Gasteiger partial charge is 0.0998 e. The van der Waals surface area contributed by atoms with Gasteiger partial charge in [-0.05, 0) is 129 Å². The van der Waals surface area contributed by atoms with E-state index in [-0.39, 0.29) is 0 Å². The van der Waals surface area contributed by atoms with Crippen molar-refractivity contribution in [1.29, 1.82) is 31.6 Å². The molecule has 0 aliphatic rings. The molecule has 0 unspecified atom stereocenters. The van der Waals surface area contributed by atoms with E-state index in [2.05, 4.69) is 94.1 Å². The summed E-state index contributed by atoms with van der Waals surface area (Å²) in [6.07, 6.45) is 0. The summed E-state index contributed by atoms with van der Waals surface area (Å²) in [5, 5.41) is 66.2. The molecule has 0 N–H and O–H groups in total. The first kappa shape index (κ1) is 44.0. The minimum Gasteiger partial charge on any atom is -0.309 e. The second kappa shape index (κ2) is 17.9. The summed E-state index contributed by atoms with van der Waals surface area (Å²) in [6.45, 7) is 0. The SMILES string of the molecule is N#Cc1ccccc1-c1ccc2c3ccc(-c4ccccc4C#N)cc3n(-c3ccc(C#N)c(-c4cc(-n5c6cc(-c7ccccc7C#N)ccc6c6ccc(-c7ccccc7C#N)cc65)ccc4C#N)c3)c2c1. The highest BCUT2D eigenvalue weighted by Crippen LogP contribution is 2.42. The van der Waals surface area contributed by atoms with Gasteiger partial charge in [0.1, 0.15) is 0 Å². The molecular weight excluding hydrogens is 905 g/mol. The Kier molecular flexibility index (Phi) is 10.7. The van der Waals surface area contributed by atoms with Crippen molar-refractivity contribution in [2.45, 2.75) is 0 Å². The second-order valence-corrected chi connectivity index (χ2v) is 17.9. The molecule has 0 bridgehead atoms. The monoisotopic (exact) mass is 938 g/mol. The predicted molar refractivity (Wildman–Crippen MR) is 291 cm³/mol. The van der Waals surface area contributed by atoms with E-state index in [1.54, 1.807) is 36.4 Å². The Balaban J connectivity index is 1.12. The zero-order valence-corrected chi connectivity index (χ0v) is 39.2. The molecule has 0 radical (unpaired) electrons. The number of hydrogen-bond donors (Lipinski definition) is 0. The van der Waals surface area contributed by atoms with Crippen LogP contribution in [0.3, 0.4) is 0 Å². The second-order valence-electron chi connectivity index (χ2n) is 17.9. The molecule has 10 aromatic carbocycles. The van der Waals surface area contributed by atoms with Crippen molar-refractivity contribution in [1.82, 2.24) is 9.13 Å². The number of rotatable bonds is 7. The van der Waals surface area contributed by atoms with Gasteiger partial charge in [0, 0.05) is 44.0 Å². The van der Waals surface area contributed by atoms with Crippen LogP contribution in [0.1, 0.15) is 33.4 Å². The normalized spacial score (nSPS) is 10.9. The lowest BCUT2D eigenvalue weighted by Crippen LogP contribution is -2.00. The highest BCUT2D eigenvalue weighted by molar-refractivity contribution is 6.13. The maximum absolute atomic E-state index is 10.9. The average molecular weight is 939 g/mol. The summed E-state index contributed by atoms with van der Waals surface area (Å²) in [4.78, 5) is 0. The molecule has 2 heterocycles. The van der Waals surface area contributed by atoms with E-state index in [0.29, 0.717) is 44.5 Å². The lowest BCUT2D eigenvalue weighted by molar-refractivity contribution is 1.17. The first-order chi connectivity index (χ1) is 36.4. The Morgan fingerprint density at radius 1 is 0.230 bits per heavy atom. The van der Waals surface area contributed by atoms with Crippen LogP contribution in [0, 0.1) is 68.0 Å². The van der Waals surface area contributed by atoms with Gasteiger partial charge in [0.15, 0.2) is 0 Å². The van der Waals surface area contributed by atoms with Crippen LogP contribution >= 0.6 is 0 Å². The minimum atomic E-state index is 0.364. The molecule has 0 aliphatic carbocycles. The largest absolute Gasteiger partial charge is 0.309 e. The van der Waals surface area contributed by atoms with Crippen molar-refractivity contribution < 1.29 is 0 Å². The van der Waals surface area contributed by atoms with E-state index in [1.807, 2.05) is 121 Å². The van der Waals surface area contributed by atoms with Crippen LogP contribution in [0.4, 0.5) is 0 Å². The van der Waals surface area contributed by atoms with Gasteiger partial charge in [-0.15, -0.1) is 0 Å². The van der Waals surface area contributed by atoms with Gasteiger partial charge >= 0.3 is 0 Å². The van der Waals surface area contributed by atoms with Crippen LogP contribution in [0.15, 0.2) is 206 Å². The average Bonchev–Trinajstić information content (AvgIpc) is 3.98. The summed E-state index contributed by atoms with van der Waals surface area (Å²) in [5.74, 6) is 0. The topological polar surface area (TPSA) is 153 Å². The third-order valence-corrected chi connectivity index (χ3v) is 14.0. The van der Waals surface area contributed by atoms with Crippen molar-refractivity contribution in [3.05, 3.63) is 240 Å². The minimum absolute atomic E-state index is 0.364. The highest BCUT2D eigenvalue weighted by Gasteiger charge is 2.22. The van der Waals surface area contributed by atoms with Crippen molar-refractivity contribution in [2.75, 3.05) is 0 Å². The lowest BCUT2D eigenvalue weighted by atomic mass is 9.94. The van der Waals surface area contributed by atoms with Crippen LogP contribution < -0.4 is 0 Å². The third-order valence-electron chi connectivity index (χ3n) is 14.0. The van der Waals surface area contributed by atoms with E-state index in [1.165, 1.54) is 0 Å². The Labute approximate surface area is 425 Å². The maximum Gasteiger partial charge on any atom is 0.0998 e. The van der Waals surface area contributed by atoms with E-state index in [9.17, 15) is 31.6 Å². The van der Waals surface area contributed by atoms with Crippen LogP contribution in [-0.4, -0.2) is 9.13 Å². The number of nitrogens with zero attached hydrogens (tertiary/aromatic N) is 8. The Morgan fingerprint density at radius 2 is 0.473 bits per heavy atom. The fraction of sp³-hybridized carbons (Fsp3) is 0. The van der Waals surface area contributed by atoms with E-state index < -0.39 is 0 Å². The molecule has 12 aromatic rings. The summed E-state index contributed by atoms with van der Waals surface area (Å²) in [7, 11) is 0.